The lowest BCUT2D eigenvalue weighted by atomic mass is 10.00. The van der Waals surface area contributed by atoms with Crippen molar-refractivity contribution in [1.82, 2.24) is 9.47 Å². The van der Waals surface area contributed by atoms with E-state index < -0.39 is 17.8 Å². The number of carbonyl (C=O) groups excluding carboxylic acids is 2. The standard InChI is InChI=1S/C20H21FN2O5/c1-12(24)7-13-8-17-20(27)23(6-5-22(17)11-13)16(10-19(25)26)14-3-4-18(28-2)15(21)9-14/h3-4,8-9,11,16H,5-7,10H2,1-2H3,(H,25,26)/t16-/m0/s1. The van der Waals surface area contributed by atoms with Crippen molar-refractivity contribution in [2.45, 2.75) is 32.4 Å². The third kappa shape index (κ3) is 3.90. The number of aliphatic carboxylic acids is 1. The normalized spacial score (nSPS) is 14.5. The van der Waals surface area contributed by atoms with Gasteiger partial charge in [0, 0.05) is 25.7 Å². The lowest BCUT2D eigenvalue weighted by Gasteiger charge is -2.35. The highest BCUT2D eigenvalue weighted by Gasteiger charge is 2.33. The molecule has 1 atom stereocenters. The van der Waals surface area contributed by atoms with Gasteiger partial charge in [-0.25, -0.2) is 4.39 Å². The summed E-state index contributed by atoms with van der Waals surface area (Å²) in [7, 11) is 1.34. The molecule has 0 unspecified atom stereocenters. The zero-order valence-corrected chi connectivity index (χ0v) is 15.6. The first-order chi connectivity index (χ1) is 13.3. The fourth-order valence-corrected chi connectivity index (χ4v) is 3.54. The summed E-state index contributed by atoms with van der Waals surface area (Å²) in [6.45, 7) is 2.23. The van der Waals surface area contributed by atoms with Crippen LogP contribution >= 0.6 is 0 Å². The van der Waals surface area contributed by atoms with Gasteiger partial charge >= 0.3 is 5.97 Å². The SMILES string of the molecule is COc1ccc([C@H](CC(=O)O)N2CCn3cc(CC(C)=O)cc3C2=O)cc1F. The third-order valence-corrected chi connectivity index (χ3v) is 4.77. The summed E-state index contributed by atoms with van der Waals surface area (Å²) >= 11 is 0. The molecule has 1 aliphatic heterocycles. The fraction of sp³-hybridized carbons (Fsp3) is 0.350. The molecule has 148 valence electrons. The molecule has 8 heteroatoms. The minimum absolute atomic E-state index is 0.00952. The number of ether oxygens (including phenoxy) is 1. The number of carboxylic acids is 1. The van der Waals surface area contributed by atoms with Crippen LogP contribution in [0.1, 0.15) is 41.0 Å². The summed E-state index contributed by atoms with van der Waals surface area (Å²) in [4.78, 5) is 37.2. The highest BCUT2D eigenvalue weighted by Crippen LogP contribution is 2.31. The van der Waals surface area contributed by atoms with Crippen molar-refractivity contribution < 1.29 is 28.6 Å². The topological polar surface area (TPSA) is 88.8 Å². The first-order valence-electron chi connectivity index (χ1n) is 8.85. The number of amides is 1. The smallest absolute Gasteiger partial charge is 0.305 e. The van der Waals surface area contributed by atoms with E-state index in [1.807, 2.05) is 0 Å². The molecule has 1 aromatic heterocycles. The Labute approximate surface area is 161 Å². The molecule has 2 heterocycles. The Bertz CT molecular complexity index is 937. The Balaban J connectivity index is 1.94. The van der Waals surface area contributed by atoms with E-state index in [0.717, 1.165) is 5.56 Å². The van der Waals surface area contributed by atoms with Crippen molar-refractivity contribution in [2.24, 2.45) is 0 Å². The van der Waals surface area contributed by atoms with E-state index in [-0.39, 0.29) is 36.8 Å². The molecule has 0 radical (unpaired) electrons. The Kier molecular flexibility index (Phi) is 5.48. The van der Waals surface area contributed by atoms with Gasteiger partial charge in [-0.2, -0.15) is 0 Å². The van der Waals surface area contributed by atoms with Crippen LogP contribution in [0.5, 0.6) is 5.75 Å². The van der Waals surface area contributed by atoms with Crippen LogP contribution < -0.4 is 4.74 Å². The van der Waals surface area contributed by atoms with Gasteiger partial charge in [0.05, 0.1) is 19.6 Å². The van der Waals surface area contributed by atoms with Crippen LogP contribution in [0.2, 0.25) is 0 Å². The molecule has 3 rings (SSSR count). The van der Waals surface area contributed by atoms with Crippen molar-refractivity contribution in [2.75, 3.05) is 13.7 Å². The minimum Gasteiger partial charge on any atom is -0.494 e. The van der Waals surface area contributed by atoms with E-state index in [2.05, 4.69) is 0 Å². The van der Waals surface area contributed by atoms with Crippen LogP contribution in [0.25, 0.3) is 0 Å². The predicted octanol–water partition coefficient (Wildman–Crippen LogP) is 2.44. The predicted molar refractivity (Wildman–Crippen MR) is 97.8 cm³/mol. The van der Waals surface area contributed by atoms with Crippen LogP contribution in [-0.4, -0.2) is 45.9 Å². The first kappa shape index (κ1) is 19.6. The number of hydrogen-bond donors (Lipinski definition) is 1. The molecule has 28 heavy (non-hydrogen) atoms. The van der Waals surface area contributed by atoms with Crippen LogP contribution in [0, 0.1) is 5.82 Å². The summed E-state index contributed by atoms with van der Waals surface area (Å²) in [6, 6.07) is 5.03. The molecule has 0 saturated carbocycles. The average Bonchev–Trinajstić information content (AvgIpc) is 3.03. The number of aromatic nitrogens is 1. The van der Waals surface area contributed by atoms with Gasteiger partial charge in [0.15, 0.2) is 11.6 Å². The molecule has 0 fully saturated rings. The number of nitrogens with zero attached hydrogens (tertiary/aromatic N) is 2. The largest absolute Gasteiger partial charge is 0.494 e. The number of rotatable bonds is 7. The summed E-state index contributed by atoms with van der Waals surface area (Å²) in [5, 5.41) is 9.33. The number of halogens is 1. The molecule has 0 spiro atoms. The highest BCUT2D eigenvalue weighted by molar-refractivity contribution is 5.94. The molecule has 2 aromatic rings. The van der Waals surface area contributed by atoms with E-state index in [4.69, 9.17) is 4.74 Å². The van der Waals surface area contributed by atoms with Gasteiger partial charge in [0.25, 0.3) is 5.91 Å². The molecule has 1 amide bonds. The Hall–Kier alpha value is -3.16. The van der Waals surface area contributed by atoms with Crippen molar-refractivity contribution in [3.63, 3.8) is 0 Å². The van der Waals surface area contributed by atoms with Gasteiger partial charge in [-0.15, -0.1) is 0 Å². The third-order valence-electron chi connectivity index (χ3n) is 4.77. The van der Waals surface area contributed by atoms with E-state index >= 15 is 0 Å². The van der Waals surface area contributed by atoms with Gasteiger partial charge in [-0.05, 0) is 36.2 Å². The quantitative estimate of drug-likeness (QED) is 0.787. The number of Topliss-reactive ketones (excluding diaryl/α,β-unsaturated/α-hetero) is 1. The van der Waals surface area contributed by atoms with Crippen molar-refractivity contribution in [3.8, 4) is 5.75 Å². The monoisotopic (exact) mass is 388 g/mol. The molecule has 1 aromatic carbocycles. The maximum absolute atomic E-state index is 14.2. The number of fused-ring (bicyclic) bond motifs is 1. The molecular formula is C20H21FN2O5. The van der Waals surface area contributed by atoms with Gasteiger partial charge in [0.1, 0.15) is 11.5 Å². The van der Waals surface area contributed by atoms with Crippen LogP contribution in [-0.2, 0) is 22.6 Å². The molecule has 7 nitrogen and oxygen atoms in total. The van der Waals surface area contributed by atoms with Gasteiger partial charge in [-0.3, -0.25) is 14.4 Å². The second kappa shape index (κ2) is 7.84. The fourth-order valence-electron chi connectivity index (χ4n) is 3.54. The zero-order valence-electron chi connectivity index (χ0n) is 15.6. The van der Waals surface area contributed by atoms with Gasteiger partial charge in [-0.1, -0.05) is 6.07 Å². The summed E-state index contributed by atoms with van der Waals surface area (Å²) in [6.07, 6.45) is 1.65. The number of methoxy groups -OCH3 is 1. The lowest BCUT2D eigenvalue weighted by Crippen LogP contribution is -2.43. The van der Waals surface area contributed by atoms with Gasteiger partial charge in [0.2, 0.25) is 0 Å². The van der Waals surface area contributed by atoms with Crippen LogP contribution in [0.4, 0.5) is 4.39 Å². The molecule has 0 bridgehead atoms. The zero-order chi connectivity index (χ0) is 20.4. The molecule has 0 saturated heterocycles. The van der Waals surface area contributed by atoms with Crippen LogP contribution in [0.15, 0.2) is 30.5 Å². The number of ketones is 1. The highest BCUT2D eigenvalue weighted by atomic mass is 19.1. The molecule has 1 N–H and O–H groups in total. The number of hydrogen-bond acceptors (Lipinski definition) is 4. The van der Waals surface area contributed by atoms with Gasteiger partial charge < -0.3 is 19.3 Å². The summed E-state index contributed by atoms with van der Waals surface area (Å²) < 4.78 is 20.8. The minimum atomic E-state index is -1.09. The summed E-state index contributed by atoms with van der Waals surface area (Å²) in [5.41, 5.74) is 1.52. The Morgan fingerprint density at radius 1 is 1.29 bits per heavy atom. The maximum atomic E-state index is 14.2. The first-order valence-corrected chi connectivity index (χ1v) is 8.85. The van der Waals surface area contributed by atoms with Crippen molar-refractivity contribution in [3.05, 3.63) is 53.1 Å². The van der Waals surface area contributed by atoms with Crippen molar-refractivity contribution in [1.29, 1.82) is 0 Å². The van der Waals surface area contributed by atoms with E-state index in [1.54, 1.807) is 22.9 Å². The van der Waals surface area contributed by atoms with E-state index in [9.17, 15) is 23.9 Å². The Morgan fingerprint density at radius 3 is 2.64 bits per heavy atom. The van der Waals surface area contributed by atoms with E-state index in [1.165, 1.54) is 31.1 Å². The molecule has 1 aliphatic rings. The lowest BCUT2D eigenvalue weighted by molar-refractivity contribution is -0.138. The average molecular weight is 388 g/mol. The Morgan fingerprint density at radius 2 is 2.04 bits per heavy atom. The van der Waals surface area contributed by atoms with Crippen molar-refractivity contribution >= 4 is 17.7 Å². The number of carboxylic acid groups (broad SMARTS) is 1. The van der Waals surface area contributed by atoms with Crippen LogP contribution in [0.3, 0.4) is 0 Å². The maximum Gasteiger partial charge on any atom is 0.305 e. The molecule has 0 aliphatic carbocycles. The number of benzene rings is 1. The number of carbonyl (C=O) groups is 3. The summed E-state index contributed by atoms with van der Waals surface area (Å²) in [5.74, 6) is -2.02. The second-order valence-corrected chi connectivity index (χ2v) is 6.81. The second-order valence-electron chi connectivity index (χ2n) is 6.81. The molecular weight excluding hydrogens is 367 g/mol. The van der Waals surface area contributed by atoms with E-state index in [0.29, 0.717) is 17.8 Å².